The summed E-state index contributed by atoms with van der Waals surface area (Å²) in [5.41, 5.74) is 3.03. The Hall–Kier alpha value is -1.09. The summed E-state index contributed by atoms with van der Waals surface area (Å²) in [5, 5.41) is 5.19. The first-order chi connectivity index (χ1) is 7.95. The van der Waals surface area contributed by atoms with Gasteiger partial charge in [0.2, 0.25) is 0 Å². The summed E-state index contributed by atoms with van der Waals surface area (Å²) >= 11 is 6.26. The molecular formula is C13H16ClN3. The van der Waals surface area contributed by atoms with Gasteiger partial charge in [0.25, 0.3) is 0 Å². The molecule has 4 heteroatoms. The maximum absolute atomic E-state index is 6.26. The Morgan fingerprint density at radius 3 is 2.59 bits per heavy atom. The average molecular weight is 250 g/mol. The van der Waals surface area contributed by atoms with Crippen LogP contribution in [-0.2, 0) is 5.41 Å². The third-order valence-corrected chi connectivity index (χ3v) is 3.44. The quantitative estimate of drug-likeness (QED) is 0.724. The fraction of sp³-hybridized carbons (Fsp3) is 0.538. The lowest BCUT2D eigenvalue weighted by atomic mass is 9.93. The highest BCUT2D eigenvalue weighted by Crippen LogP contribution is 2.40. The van der Waals surface area contributed by atoms with Crippen LogP contribution in [0, 0.1) is 0 Å². The molecule has 17 heavy (non-hydrogen) atoms. The van der Waals surface area contributed by atoms with Crippen LogP contribution in [0.2, 0.25) is 5.15 Å². The minimum atomic E-state index is 0.0246. The fourth-order valence-corrected chi connectivity index (χ4v) is 2.15. The molecule has 0 amide bonds. The van der Waals surface area contributed by atoms with Gasteiger partial charge >= 0.3 is 0 Å². The van der Waals surface area contributed by atoms with Crippen molar-refractivity contribution < 1.29 is 0 Å². The van der Waals surface area contributed by atoms with E-state index in [1.807, 2.05) is 12.1 Å². The van der Waals surface area contributed by atoms with Gasteiger partial charge in [-0.05, 0) is 18.9 Å². The molecule has 1 aliphatic rings. The van der Waals surface area contributed by atoms with Gasteiger partial charge in [-0.3, -0.25) is 0 Å². The number of rotatable bonds is 1. The molecule has 0 unspecified atom stereocenters. The Labute approximate surface area is 106 Å². The number of halogens is 1. The zero-order chi connectivity index (χ0) is 12.2. The van der Waals surface area contributed by atoms with Crippen molar-refractivity contribution >= 4 is 17.2 Å². The standard InChI is InChI=1S/C13H16ClN3/c1-13(2,3)10-7-12-15-9(8-4-5-8)6-11(14)17(12)16-10/h6-8H,4-5H2,1-3H3. The lowest BCUT2D eigenvalue weighted by Crippen LogP contribution is -2.11. The minimum absolute atomic E-state index is 0.0246. The van der Waals surface area contributed by atoms with Gasteiger partial charge in [-0.25, -0.2) is 9.50 Å². The largest absolute Gasteiger partial charge is 0.233 e. The maximum Gasteiger partial charge on any atom is 0.157 e. The Morgan fingerprint density at radius 1 is 1.29 bits per heavy atom. The lowest BCUT2D eigenvalue weighted by Gasteiger charge is -2.13. The molecule has 1 saturated carbocycles. The molecule has 90 valence electrons. The number of aromatic nitrogens is 3. The predicted octanol–water partition coefficient (Wildman–Crippen LogP) is 3.56. The van der Waals surface area contributed by atoms with Crippen molar-refractivity contribution in [2.75, 3.05) is 0 Å². The number of fused-ring (bicyclic) bond motifs is 1. The number of nitrogens with zero attached hydrogens (tertiary/aromatic N) is 3. The van der Waals surface area contributed by atoms with Gasteiger partial charge in [-0.1, -0.05) is 32.4 Å². The molecule has 3 nitrogen and oxygen atoms in total. The molecule has 0 spiro atoms. The summed E-state index contributed by atoms with van der Waals surface area (Å²) in [6.07, 6.45) is 2.47. The molecule has 3 rings (SSSR count). The lowest BCUT2D eigenvalue weighted by molar-refractivity contribution is 0.562. The van der Waals surface area contributed by atoms with Crippen molar-refractivity contribution in [1.29, 1.82) is 0 Å². The SMILES string of the molecule is CC(C)(C)c1cc2nc(C3CC3)cc(Cl)n2n1. The first kappa shape index (κ1) is 11.0. The van der Waals surface area contributed by atoms with E-state index < -0.39 is 0 Å². The Morgan fingerprint density at radius 2 is 2.00 bits per heavy atom. The van der Waals surface area contributed by atoms with Gasteiger partial charge in [0.15, 0.2) is 5.65 Å². The zero-order valence-corrected chi connectivity index (χ0v) is 11.1. The van der Waals surface area contributed by atoms with Crippen molar-refractivity contribution in [2.45, 2.75) is 44.9 Å². The summed E-state index contributed by atoms with van der Waals surface area (Å²) in [6.45, 7) is 6.43. The van der Waals surface area contributed by atoms with E-state index in [4.69, 9.17) is 11.6 Å². The van der Waals surface area contributed by atoms with Crippen LogP contribution in [-0.4, -0.2) is 14.6 Å². The Kier molecular flexibility index (Phi) is 2.24. The first-order valence-corrected chi connectivity index (χ1v) is 6.39. The predicted molar refractivity (Wildman–Crippen MR) is 68.7 cm³/mol. The molecule has 0 N–H and O–H groups in total. The highest BCUT2D eigenvalue weighted by atomic mass is 35.5. The minimum Gasteiger partial charge on any atom is -0.233 e. The Balaban J connectivity index is 2.17. The van der Waals surface area contributed by atoms with E-state index in [-0.39, 0.29) is 5.41 Å². The highest BCUT2D eigenvalue weighted by Gasteiger charge is 2.27. The maximum atomic E-state index is 6.26. The van der Waals surface area contributed by atoms with Gasteiger partial charge in [0.05, 0.1) is 5.69 Å². The van der Waals surface area contributed by atoms with Crippen LogP contribution in [0.1, 0.15) is 50.9 Å². The van der Waals surface area contributed by atoms with Crippen LogP contribution < -0.4 is 0 Å². The summed E-state index contributed by atoms with van der Waals surface area (Å²) < 4.78 is 1.73. The van der Waals surface area contributed by atoms with Crippen molar-refractivity contribution in [3.05, 3.63) is 28.7 Å². The third kappa shape index (κ3) is 1.93. The van der Waals surface area contributed by atoms with Crippen molar-refractivity contribution in [3.63, 3.8) is 0 Å². The van der Waals surface area contributed by atoms with Gasteiger partial charge < -0.3 is 0 Å². The van der Waals surface area contributed by atoms with Gasteiger partial charge in [-0.15, -0.1) is 0 Å². The van der Waals surface area contributed by atoms with E-state index in [1.54, 1.807) is 4.52 Å². The first-order valence-electron chi connectivity index (χ1n) is 6.02. The molecule has 2 aromatic heterocycles. The molecule has 1 fully saturated rings. The van der Waals surface area contributed by atoms with Gasteiger partial charge in [-0.2, -0.15) is 5.10 Å². The van der Waals surface area contributed by atoms with E-state index in [0.29, 0.717) is 11.1 Å². The van der Waals surface area contributed by atoms with Crippen LogP contribution >= 0.6 is 11.6 Å². The molecule has 0 atom stereocenters. The van der Waals surface area contributed by atoms with Crippen molar-refractivity contribution in [2.24, 2.45) is 0 Å². The highest BCUT2D eigenvalue weighted by molar-refractivity contribution is 6.29. The van der Waals surface area contributed by atoms with Crippen LogP contribution in [0.15, 0.2) is 12.1 Å². The third-order valence-electron chi connectivity index (χ3n) is 3.17. The molecule has 0 radical (unpaired) electrons. The topological polar surface area (TPSA) is 30.2 Å². The summed E-state index contributed by atoms with van der Waals surface area (Å²) in [4.78, 5) is 4.65. The molecule has 2 heterocycles. The van der Waals surface area contributed by atoms with Crippen LogP contribution in [0.4, 0.5) is 0 Å². The van der Waals surface area contributed by atoms with Crippen molar-refractivity contribution in [1.82, 2.24) is 14.6 Å². The second-order valence-electron chi connectivity index (χ2n) is 5.83. The smallest absolute Gasteiger partial charge is 0.157 e. The molecule has 2 aromatic rings. The van der Waals surface area contributed by atoms with Crippen LogP contribution in [0.3, 0.4) is 0 Å². The average Bonchev–Trinajstić information content (AvgIpc) is 2.96. The van der Waals surface area contributed by atoms with Crippen LogP contribution in [0.5, 0.6) is 0 Å². The normalized spacial score (nSPS) is 16.7. The second-order valence-corrected chi connectivity index (χ2v) is 6.21. The van der Waals surface area contributed by atoms with E-state index in [2.05, 4.69) is 30.9 Å². The summed E-state index contributed by atoms with van der Waals surface area (Å²) in [6, 6.07) is 3.99. The van der Waals surface area contributed by atoms with Gasteiger partial charge in [0, 0.05) is 23.1 Å². The van der Waals surface area contributed by atoms with Crippen LogP contribution in [0.25, 0.3) is 5.65 Å². The Bertz CT molecular complexity index is 576. The molecular weight excluding hydrogens is 234 g/mol. The second kappa shape index (κ2) is 3.45. The molecule has 0 bridgehead atoms. The summed E-state index contributed by atoms with van der Waals surface area (Å²) in [5.74, 6) is 0.616. The van der Waals surface area contributed by atoms with Gasteiger partial charge in [0.1, 0.15) is 5.15 Å². The molecule has 1 aliphatic carbocycles. The fourth-order valence-electron chi connectivity index (χ4n) is 1.91. The van der Waals surface area contributed by atoms with E-state index >= 15 is 0 Å². The van der Waals surface area contributed by atoms with E-state index in [0.717, 1.165) is 17.0 Å². The molecule has 0 aliphatic heterocycles. The van der Waals surface area contributed by atoms with E-state index in [1.165, 1.54) is 12.8 Å². The zero-order valence-electron chi connectivity index (χ0n) is 10.4. The molecule has 0 saturated heterocycles. The number of hydrogen-bond donors (Lipinski definition) is 0. The summed E-state index contributed by atoms with van der Waals surface area (Å²) in [7, 11) is 0. The molecule has 0 aromatic carbocycles. The van der Waals surface area contributed by atoms with Crippen molar-refractivity contribution in [3.8, 4) is 0 Å². The number of hydrogen-bond acceptors (Lipinski definition) is 2. The monoisotopic (exact) mass is 249 g/mol. The van der Waals surface area contributed by atoms with E-state index in [9.17, 15) is 0 Å².